The summed E-state index contributed by atoms with van der Waals surface area (Å²) in [6.45, 7) is 0. The van der Waals surface area contributed by atoms with E-state index < -0.39 is 5.97 Å². The van der Waals surface area contributed by atoms with Crippen LogP contribution in [0.4, 0.5) is 0 Å². The van der Waals surface area contributed by atoms with Gasteiger partial charge in [-0.05, 0) is 137 Å². The molecule has 0 unspecified atom stereocenters. The smallest absolute Gasteiger partial charge is 0.335 e. The van der Waals surface area contributed by atoms with E-state index in [1.165, 1.54) is 0 Å². The molecule has 0 aliphatic carbocycles. The minimum Gasteiger partial charge on any atom is -0.496 e. The van der Waals surface area contributed by atoms with Gasteiger partial charge in [-0.15, -0.1) is 0 Å². The van der Waals surface area contributed by atoms with Gasteiger partial charge >= 0.3 is 5.97 Å². The van der Waals surface area contributed by atoms with Crippen molar-refractivity contribution >= 4 is 64.0 Å². The highest BCUT2D eigenvalue weighted by molar-refractivity contribution is 6.01. The Balaban J connectivity index is 1.26. The van der Waals surface area contributed by atoms with E-state index in [0.717, 1.165) is 61.1 Å². The number of carbonyl (C=O) groups is 1. The summed E-state index contributed by atoms with van der Waals surface area (Å²) in [5, 5.41) is 9.61. The monoisotopic (exact) mass is 980 g/mol. The van der Waals surface area contributed by atoms with E-state index in [9.17, 15) is 9.90 Å². The number of aromatic nitrogens is 4. The summed E-state index contributed by atoms with van der Waals surface area (Å²) in [6.07, 6.45) is 10.2. The molecule has 0 fully saturated rings. The summed E-state index contributed by atoms with van der Waals surface area (Å²) in [5.41, 5.74) is 15.9. The van der Waals surface area contributed by atoms with Crippen LogP contribution in [0.5, 0.6) is 23.0 Å². The number of hydrogen-bond acceptors (Lipinski definition) is 7. The normalized spacial score (nSPS) is 11.4. The SMILES string of the molecule is COc1cccc(OC)c1-c1c2nc(c(-c3cccc(C=C(c4ccccc4)c4ccccc4)c3)c3ccc([nH]3)c(-c3c(OC)cccc3OC)c3nc(c(C#Cc4ccc(C(=O)O)cc4)c4ccc1[nH]4)C=C3)C=C2. The number of methoxy groups -OCH3 is 4. The van der Waals surface area contributed by atoms with E-state index in [1.54, 1.807) is 52.7 Å². The molecule has 0 radical (unpaired) electrons. The highest BCUT2D eigenvalue weighted by atomic mass is 16.5. The van der Waals surface area contributed by atoms with E-state index in [-0.39, 0.29) is 5.56 Å². The van der Waals surface area contributed by atoms with Gasteiger partial charge in [0.1, 0.15) is 23.0 Å². The lowest BCUT2D eigenvalue weighted by Gasteiger charge is -2.14. The van der Waals surface area contributed by atoms with Crippen LogP contribution in [-0.2, 0) is 0 Å². The third-order valence-electron chi connectivity index (χ3n) is 13.2. The molecule has 0 saturated heterocycles. The summed E-state index contributed by atoms with van der Waals surface area (Å²) in [5.74, 6) is 8.06. The fraction of sp³-hybridized carbons (Fsp3) is 0.0615. The lowest BCUT2D eigenvalue weighted by molar-refractivity contribution is 0.0697. The highest BCUT2D eigenvalue weighted by Gasteiger charge is 2.24. The van der Waals surface area contributed by atoms with Gasteiger partial charge in [-0.3, -0.25) is 0 Å². The summed E-state index contributed by atoms with van der Waals surface area (Å²) < 4.78 is 24.3. The number of carboxylic acids is 1. The molecule has 5 heterocycles. The third kappa shape index (κ3) is 9.22. The number of hydrogen-bond donors (Lipinski definition) is 3. The minimum atomic E-state index is -1.01. The van der Waals surface area contributed by atoms with Gasteiger partial charge in [0.2, 0.25) is 0 Å². The fourth-order valence-corrected chi connectivity index (χ4v) is 9.71. The van der Waals surface area contributed by atoms with Crippen LogP contribution < -0.4 is 18.9 Å². The highest BCUT2D eigenvalue weighted by Crippen LogP contribution is 2.45. The summed E-state index contributed by atoms with van der Waals surface area (Å²) in [4.78, 5) is 30.2. The number of benzene rings is 6. The molecule has 10 heteroatoms. The van der Waals surface area contributed by atoms with Gasteiger partial charge in [-0.2, -0.15) is 0 Å². The zero-order valence-electron chi connectivity index (χ0n) is 41.4. The Hall–Kier alpha value is -10.1. The Labute approximate surface area is 433 Å². The number of nitrogens with zero attached hydrogens (tertiary/aromatic N) is 2. The van der Waals surface area contributed by atoms with Crippen molar-refractivity contribution < 1.29 is 28.8 Å². The molecule has 10 nitrogen and oxygen atoms in total. The number of H-pyrrole nitrogens is 2. The maximum atomic E-state index is 11.7. The van der Waals surface area contributed by atoms with Crippen molar-refractivity contribution in [3.63, 3.8) is 0 Å². The van der Waals surface area contributed by atoms with Crippen LogP contribution in [0.2, 0.25) is 0 Å². The van der Waals surface area contributed by atoms with Gasteiger partial charge in [-0.1, -0.05) is 103 Å². The Bertz CT molecular complexity index is 3890. The van der Waals surface area contributed by atoms with E-state index in [0.29, 0.717) is 73.5 Å². The van der Waals surface area contributed by atoms with Crippen LogP contribution in [0.25, 0.3) is 91.4 Å². The van der Waals surface area contributed by atoms with E-state index in [1.807, 2.05) is 85.0 Å². The molecular formula is C65H48N4O6. The second-order valence-electron chi connectivity index (χ2n) is 17.6. The van der Waals surface area contributed by atoms with Crippen molar-refractivity contribution in [2.24, 2.45) is 0 Å². The van der Waals surface area contributed by atoms with Crippen LogP contribution in [0.1, 0.15) is 61.0 Å². The lowest BCUT2D eigenvalue weighted by atomic mass is 9.94. The Kier molecular flexibility index (Phi) is 12.9. The van der Waals surface area contributed by atoms with Gasteiger partial charge < -0.3 is 34.0 Å². The van der Waals surface area contributed by atoms with Crippen molar-refractivity contribution in [1.82, 2.24) is 19.9 Å². The van der Waals surface area contributed by atoms with Crippen molar-refractivity contribution in [2.45, 2.75) is 0 Å². The second kappa shape index (κ2) is 20.5. The molecular weight excluding hydrogens is 933 g/mol. The van der Waals surface area contributed by atoms with Crippen LogP contribution in [0.15, 0.2) is 170 Å². The van der Waals surface area contributed by atoms with Gasteiger partial charge in [0.15, 0.2) is 0 Å². The van der Waals surface area contributed by atoms with E-state index >= 15 is 0 Å². The first-order valence-corrected chi connectivity index (χ1v) is 24.2. The number of fused-ring (bicyclic) bond motifs is 8. The number of aromatic amines is 2. The number of nitrogens with one attached hydrogen (secondary N) is 2. The summed E-state index contributed by atoms with van der Waals surface area (Å²) in [6, 6.07) is 55.4. The molecule has 3 aromatic heterocycles. The van der Waals surface area contributed by atoms with Crippen LogP contribution in [0, 0.1) is 11.8 Å². The molecule has 6 aromatic carbocycles. The molecule has 3 N–H and O–H groups in total. The standard InChI is InChI=1S/C65H48N4O6/c1-72-56-20-12-21-57(73-2)63(56)61-52-32-30-48(66-52)46(29-26-40-24-27-44(28-25-40)65(70)71)49-31-33-53(67-49)62(64-58(74-3)22-13-23-59(64)75-4)55-37-35-51(69-55)60(50-34-36-54(61)68-50)45-19-11-14-41(38-45)39-47(42-15-7-5-8-16-42)43-17-9-6-10-18-43/h5-25,27-28,30-39,66,69H,1-4H3,(H,70,71). The van der Waals surface area contributed by atoms with Gasteiger partial charge in [0.25, 0.3) is 0 Å². The minimum absolute atomic E-state index is 0.169. The molecule has 0 saturated carbocycles. The lowest BCUT2D eigenvalue weighted by Crippen LogP contribution is -1.96. The number of carboxylic acid groups (broad SMARTS) is 1. The molecule has 0 amide bonds. The summed E-state index contributed by atoms with van der Waals surface area (Å²) >= 11 is 0. The average molecular weight is 981 g/mol. The third-order valence-corrected chi connectivity index (χ3v) is 13.2. The largest absolute Gasteiger partial charge is 0.496 e. The molecule has 2 aliphatic rings. The maximum Gasteiger partial charge on any atom is 0.335 e. The van der Waals surface area contributed by atoms with Gasteiger partial charge in [0.05, 0.1) is 79.0 Å². The van der Waals surface area contributed by atoms with Crippen molar-refractivity contribution in [3.8, 4) is 68.2 Å². The zero-order chi connectivity index (χ0) is 51.4. The molecule has 0 atom stereocenters. The molecule has 0 spiro atoms. The molecule has 11 rings (SSSR count). The Morgan fingerprint density at radius 3 is 1.43 bits per heavy atom. The molecule has 8 bridgehead atoms. The van der Waals surface area contributed by atoms with Crippen molar-refractivity contribution in [2.75, 3.05) is 28.4 Å². The van der Waals surface area contributed by atoms with Gasteiger partial charge in [0, 0.05) is 38.8 Å². The first-order valence-electron chi connectivity index (χ1n) is 24.2. The van der Waals surface area contributed by atoms with Crippen LogP contribution in [0.3, 0.4) is 0 Å². The average Bonchev–Trinajstić information content (AvgIpc) is 4.32. The van der Waals surface area contributed by atoms with Crippen LogP contribution >= 0.6 is 0 Å². The quantitative estimate of drug-likeness (QED) is 0.0862. The van der Waals surface area contributed by atoms with E-state index in [4.69, 9.17) is 28.9 Å². The van der Waals surface area contributed by atoms with Gasteiger partial charge in [-0.25, -0.2) is 14.8 Å². The zero-order valence-corrected chi connectivity index (χ0v) is 41.4. The first-order chi connectivity index (χ1) is 36.8. The van der Waals surface area contributed by atoms with E-state index in [2.05, 4.69) is 113 Å². The predicted molar refractivity (Wildman–Crippen MR) is 301 cm³/mol. The molecule has 364 valence electrons. The number of rotatable bonds is 11. The Morgan fingerprint density at radius 2 is 0.907 bits per heavy atom. The van der Waals surface area contributed by atoms with Crippen LogP contribution in [-0.4, -0.2) is 59.5 Å². The Morgan fingerprint density at radius 1 is 0.453 bits per heavy atom. The second-order valence-corrected chi connectivity index (χ2v) is 17.6. The molecule has 9 aromatic rings. The maximum absolute atomic E-state index is 11.7. The topological polar surface area (TPSA) is 132 Å². The molecule has 2 aliphatic heterocycles. The molecule has 75 heavy (non-hydrogen) atoms. The number of ether oxygens (including phenoxy) is 4. The summed E-state index contributed by atoms with van der Waals surface area (Å²) in [7, 11) is 6.57. The van der Waals surface area contributed by atoms with Crippen molar-refractivity contribution in [1.29, 1.82) is 0 Å². The fourth-order valence-electron chi connectivity index (χ4n) is 9.71. The predicted octanol–water partition coefficient (Wildman–Crippen LogP) is 14.4. The first kappa shape index (κ1) is 47.2. The van der Waals surface area contributed by atoms with Crippen molar-refractivity contribution in [3.05, 3.63) is 226 Å². The number of aromatic carboxylic acids is 1.